The molecule has 0 radical (unpaired) electrons. The molecule has 2 rings (SSSR count). The molecule has 0 saturated carbocycles. The van der Waals surface area contributed by atoms with Crippen molar-refractivity contribution in [2.45, 2.75) is 13.3 Å². The molecule has 0 aliphatic carbocycles. The smallest absolute Gasteiger partial charge is 0.271 e. The molecule has 0 spiro atoms. The van der Waals surface area contributed by atoms with Gasteiger partial charge < -0.3 is 15.6 Å². The van der Waals surface area contributed by atoms with Gasteiger partial charge in [0.2, 0.25) is 0 Å². The maximum Gasteiger partial charge on any atom is 0.271 e. The minimum atomic E-state index is 0.0304. The van der Waals surface area contributed by atoms with E-state index in [4.69, 9.17) is 5.73 Å². The zero-order chi connectivity index (χ0) is 11.5. The van der Waals surface area contributed by atoms with E-state index in [0.717, 1.165) is 19.5 Å². The van der Waals surface area contributed by atoms with E-state index < -0.39 is 0 Å². The molecule has 0 bridgehead atoms. The Bertz CT molecular complexity index is 349. The molecule has 1 amide bonds. The third-order valence-corrected chi connectivity index (χ3v) is 3.43. The number of carbonyl (C=O) groups excluding carboxylic acids is 1. The number of nitrogens with zero attached hydrogens (tertiary/aromatic N) is 2. The first-order chi connectivity index (χ1) is 7.72. The van der Waals surface area contributed by atoms with E-state index >= 15 is 0 Å². The highest BCUT2D eigenvalue weighted by molar-refractivity contribution is 5.92. The number of amides is 1. The van der Waals surface area contributed by atoms with Crippen LogP contribution in [0.4, 0.5) is 0 Å². The number of carbonyl (C=O) groups is 1. The molecule has 2 heterocycles. The highest BCUT2D eigenvalue weighted by Crippen LogP contribution is 2.23. The zero-order valence-corrected chi connectivity index (χ0v) is 9.52. The SMILES string of the molecule is CC1CCN(C(=O)c2cnc[nH]2)CC1CN. The van der Waals surface area contributed by atoms with Gasteiger partial charge in [0.15, 0.2) is 0 Å². The number of H-pyrrole nitrogens is 1. The molecule has 88 valence electrons. The normalized spacial score (nSPS) is 25.8. The molecular formula is C11H18N4O. The van der Waals surface area contributed by atoms with Gasteiger partial charge in [-0.1, -0.05) is 6.92 Å². The summed E-state index contributed by atoms with van der Waals surface area (Å²) in [7, 11) is 0. The molecule has 0 aromatic carbocycles. The predicted octanol–water partition coefficient (Wildman–Crippen LogP) is 0.467. The number of likely N-dealkylation sites (tertiary alicyclic amines) is 1. The van der Waals surface area contributed by atoms with Crippen LogP contribution in [0, 0.1) is 11.8 Å². The molecule has 2 atom stereocenters. The lowest BCUT2D eigenvalue weighted by atomic mass is 9.87. The summed E-state index contributed by atoms with van der Waals surface area (Å²) in [5, 5.41) is 0. The Kier molecular flexibility index (Phi) is 3.24. The van der Waals surface area contributed by atoms with Gasteiger partial charge in [-0.15, -0.1) is 0 Å². The first-order valence-corrected chi connectivity index (χ1v) is 5.70. The first kappa shape index (κ1) is 11.1. The minimum absolute atomic E-state index is 0.0304. The number of hydrogen-bond donors (Lipinski definition) is 2. The van der Waals surface area contributed by atoms with Gasteiger partial charge in [0, 0.05) is 13.1 Å². The van der Waals surface area contributed by atoms with Crippen molar-refractivity contribution in [3.8, 4) is 0 Å². The lowest BCUT2D eigenvalue weighted by molar-refractivity contribution is 0.0613. The van der Waals surface area contributed by atoms with Crippen molar-refractivity contribution in [3.05, 3.63) is 18.2 Å². The van der Waals surface area contributed by atoms with Gasteiger partial charge in [0.25, 0.3) is 5.91 Å². The number of rotatable bonds is 2. The molecule has 16 heavy (non-hydrogen) atoms. The van der Waals surface area contributed by atoms with Crippen molar-refractivity contribution >= 4 is 5.91 Å². The minimum Gasteiger partial charge on any atom is -0.341 e. The van der Waals surface area contributed by atoms with Crippen LogP contribution in [0.15, 0.2) is 12.5 Å². The van der Waals surface area contributed by atoms with Gasteiger partial charge in [-0.05, 0) is 24.8 Å². The molecular weight excluding hydrogens is 204 g/mol. The molecule has 1 saturated heterocycles. The first-order valence-electron chi connectivity index (χ1n) is 5.70. The summed E-state index contributed by atoms with van der Waals surface area (Å²) in [4.78, 5) is 20.6. The van der Waals surface area contributed by atoms with E-state index in [1.807, 2.05) is 4.90 Å². The van der Waals surface area contributed by atoms with Crippen molar-refractivity contribution in [2.75, 3.05) is 19.6 Å². The molecule has 2 unspecified atom stereocenters. The van der Waals surface area contributed by atoms with Gasteiger partial charge in [0.1, 0.15) is 5.69 Å². The Hall–Kier alpha value is -1.36. The van der Waals surface area contributed by atoms with Crippen molar-refractivity contribution < 1.29 is 4.79 Å². The number of piperidine rings is 1. The van der Waals surface area contributed by atoms with Gasteiger partial charge >= 0.3 is 0 Å². The van der Waals surface area contributed by atoms with Crippen LogP contribution in [0.3, 0.4) is 0 Å². The van der Waals surface area contributed by atoms with Crippen LogP contribution in [0.25, 0.3) is 0 Å². The predicted molar refractivity (Wildman–Crippen MR) is 60.8 cm³/mol. The van der Waals surface area contributed by atoms with Crippen LogP contribution in [0.2, 0.25) is 0 Å². The van der Waals surface area contributed by atoms with Crippen LogP contribution in [0.1, 0.15) is 23.8 Å². The van der Waals surface area contributed by atoms with Crippen molar-refractivity contribution in [2.24, 2.45) is 17.6 Å². The summed E-state index contributed by atoms with van der Waals surface area (Å²) >= 11 is 0. The lowest BCUT2D eigenvalue weighted by Crippen LogP contribution is -2.45. The van der Waals surface area contributed by atoms with Gasteiger partial charge in [-0.2, -0.15) is 0 Å². The van der Waals surface area contributed by atoms with Crippen LogP contribution in [-0.4, -0.2) is 40.4 Å². The number of aromatic nitrogens is 2. The van der Waals surface area contributed by atoms with Crippen LogP contribution < -0.4 is 5.73 Å². The van der Waals surface area contributed by atoms with Gasteiger partial charge in [0.05, 0.1) is 12.5 Å². The van der Waals surface area contributed by atoms with Gasteiger partial charge in [-0.3, -0.25) is 4.79 Å². The zero-order valence-electron chi connectivity index (χ0n) is 9.52. The van der Waals surface area contributed by atoms with Crippen molar-refractivity contribution in [3.63, 3.8) is 0 Å². The summed E-state index contributed by atoms with van der Waals surface area (Å²) < 4.78 is 0. The Balaban J connectivity index is 2.03. The maximum atomic E-state index is 12.0. The topological polar surface area (TPSA) is 75.0 Å². The molecule has 3 N–H and O–H groups in total. The fourth-order valence-electron chi connectivity index (χ4n) is 2.18. The monoisotopic (exact) mass is 222 g/mol. The molecule has 1 aliphatic rings. The molecule has 5 heteroatoms. The van der Waals surface area contributed by atoms with E-state index in [1.165, 1.54) is 6.33 Å². The fraction of sp³-hybridized carbons (Fsp3) is 0.636. The maximum absolute atomic E-state index is 12.0. The molecule has 1 fully saturated rings. The molecule has 5 nitrogen and oxygen atoms in total. The summed E-state index contributed by atoms with van der Waals surface area (Å²) in [5.74, 6) is 1.05. The Morgan fingerprint density at radius 1 is 1.75 bits per heavy atom. The summed E-state index contributed by atoms with van der Waals surface area (Å²) in [6.07, 6.45) is 4.12. The fourth-order valence-corrected chi connectivity index (χ4v) is 2.18. The van der Waals surface area contributed by atoms with E-state index in [2.05, 4.69) is 16.9 Å². The Morgan fingerprint density at radius 3 is 3.19 bits per heavy atom. The van der Waals surface area contributed by atoms with Crippen LogP contribution in [-0.2, 0) is 0 Å². The van der Waals surface area contributed by atoms with E-state index in [0.29, 0.717) is 24.1 Å². The standard InChI is InChI=1S/C11H18N4O/c1-8-2-3-15(6-9(8)4-12)11(16)10-5-13-7-14-10/h5,7-9H,2-4,6,12H2,1H3,(H,13,14). The highest BCUT2D eigenvalue weighted by Gasteiger charge is 2.28. The summed E-state index contributed by atoms with van der Waals surface area (Å²) in [5.41, 5.74) is 6.28. The van der Waals surface area contributed by atoms with Crippen LogP contribution >= 0.6 is 0 Å². The number of nitrogens with one attached hydrogen (secondary N) is 1. The summed E-state index contributed by atoms with van der Waals surface area (Å²) in [6, 6.07) is 0. The second-order valence-electron chi connectivity index (χ2n) is 4.48. The molecule has 1 aliphatic heterocycles. The largest absolute Gasteiger partial charge is 0.341 e. The number of hydrogen-bond acceptors (Lipinski definition) is 3. The lowest BCUT2D eigenvalue weighted by Gasteiger charge is -2.36. The quantitative estimate of drug-likeness (QED) is 0.763. The second-order valence-corrected chi connectivity index (χ2v) is 4.48. The average Bonchev–Trinajstić information content (AvgIpc) is 2.82. The molecule has 1 aromatic heterocycles. The number of imidazole rings is 1. The van der Waals surface area contributed by atoms with Crippen molar-refractivity contribution in [1.82, 2.24) is 14.9 Å². The van der Waals surface area contributed by atoms with Crippen molar-refractivity contribution in [1.29, 1.82) is 0 Å². The van der Waals surface area contributed by atoms with E-state index in [9.17, 15) is 4.79 Å². The van der Waals surface area contributed by atoms with E-state index in [1.54, 1.807) is 6.20 Å². The van der Waals surface area contributed by atoms with Crippen LogP contribution in [0.5, 0.6) is 0 Å². The Labute approximate surface area is 95.0 Å². The molecule has 1 aromatic rings. The Morgan fingerprint density at radius 2 is 2.56 bits per heavy atom. The third-order valence-electron chi connectivity index (χ3n) is 3.43. The average molecular weight is 222 g/mol. The summed E-state index contributed by atoms with van der Waals surface area (Å²) in [6.45, 7) is 4.43. The second kappa shape index (κ2) is 4.65. The number of aromatic amines is 1. The third kappa shape index (κ3) is 2.09. The van der Waals surface area contributed by atoms with Gasteiger partial charge in [-0.25, -0.2) is 4.98 Å². The van der Waals surface area contributed by atoms with E-state index in [-0.39, 0.29) is 5.91 Å². The highest BCUT2D eigenvalue weighted by atomic mass is 16.2. The number of nitrogens with two attached hydrogens (primary N) is 1.